The summed E-state index contributed by atoms with van der Waals surface area (Å²) in [4.78, 5) is 0. The minimum Gasteiger partial charge on any atom is -0.458 e. The maximum atomic E-state index is 9.82. The molecule has 0 aliphatic carbocycles. The summed E-state index contributed by atoms with van der Waals surface area (Å²) < 4.78 is 8.57. The second kappa shape index (κ2) is 5.09. The van der Waals surface area contributed by atoms with Gasteiger partial charge in [0.05, 0.1) is 11.1 Å². The van der Waals surface area contributed by atoms with Crippen LogP contribution in [0.5, 0.6) is 11.5 Å². The first-order chi connectivity index (χ1) is 14.4. The van der Waals surface area contributed by atoms with E-state index < -0.39 is 0 Å². The second-order valence-electron chi connectivity index (χ2n) is 7.65. The molecule has 0 unspecified atom stereocenters. The van der Waals surface area contributed by atoms with Gasteiger partial charge in [-0.3, -0.25) is 0 Å². The number of aromatic nitrogens is 1. The molecule has 0 radical (unpaired) electrons. The number of para-hydroxylation sites is 3. The average Bonchev–Trinajstić information content (AvgIpc) is 3.12. The monoisotopic (exact) mass is 368 g/mol. The van der Waals surface area contributed by atoms with Crippen molar-refractivity contribution in [2.45, 2.75) is 0 Å². The molecule has 7 rings (SSSR count). The molecule has 1 aromatic heterocycles. The van der Waals surface area contributed by atoms with Gasteiger partial charge in [0.15, 0.2) is 0 Å². The number of hydrogen-bond donors (Lipinski definition) is 0. The number of ether oxygens (including phenoxy) is 1. The Hall–Kier alpha value is -3.97. The van der Waals surface area contributed by atoms with Crippen LogP contribution in [0.25, 0.3) is 27.5 Å². The van der Waals surface area contributed by atoms with Crippen molar-refractivity contribution in [1.29, 1.82) is 5.26 Å². The number of hydrogen-bond acceptors (Lipinski definition) is 2. The Morgan fingerprint density at radius 3 is 2.34 bits per heavy atom. The minimum absolute atomic E-state index is 0.122. The molecule has 4 aromatic carbocycles. The van der Waals surface area contributed by atoms with Gasteiger partial charge in [-0.2, -0.15) is 5.26 Å². The van der Waals surface area contributed by atoms with Crippen molar-refractivity contribution in [2.75, 3.05) is 0 Å². The maximum absolute atomic E-state index is 9.82. The predicted octanol–water partition coefficient (Wildman–Crippen LogP) is 3.59. The van der Waals surface area contributed by atoms with Crippen LogP contribution >= 0.6 is 0 Å². The van der Waals surface area contributed by atoms with E-state index in [4.69, 9.17) is 4.74 Å². The van der Waals surface area contributed by atoms with E-state index in [1.807, 2.05) is 36.4 Å². The molecule has 0 saturated heterocycles. The zero-order chi connectivity index (χ0) is 19.1. The molecule has 0 bridgehead atoms. The lowest BCUT2D eigenvalue weighted by Gasteiger charge is -2.33. The first kappa shape index (κ1) is 15.0. The lowest BCUT2D eigenvalue weighted by molar-refractivity contribution is 0.487. The standard InChI is InChI=1S/C25H13BN2O/c27-14-15-6-3-7-16-17-8-4-10-19-25(17)28(24(15)16)20-11-5-13-22-23(20)26(19)18-9-1-2-12-21(18)29-22/h1-13H. The van der Waals surface area contributed by atoms with Crippen LogP contribution in [0.3, 0.4) is 0 Å². The molecule has 0 N–H and O–H groups in total. The summed E-state index contributed by atoms with van der Waals surface area (Å²) in [5, 5.41) is 12.1. The topological polar surface area (TPSA) is 38.0 Å². The fraction of sp³-hybridized carbons (Fsp3) is 0. The van der Waals surface area contributed by atoms with Crippen molar-refractivity contribution in [3.63, 3.8) is 0 Å². The van der Waals surface area contributed by atoms with Gasteiger partial charge in [-0.05, 0) is 40.7 Å². The Bertz CT molecular complexity index is 1560. The lowest BCUT2D eigenvalue weighted by atomic mass is 9.34. The Labute approximate surface area is 167 Å². The van der Waals surface area contributed by atoms with Gasteiger partial charge in [0.1, 0.15) is 17.6 Å². The van der Waals surface area contributed by atoms with Crippen molar-refractivity contribution in [3.05, 3.63) is 84.4 Å². The van der Waals surface area contributed by atoms with Crippen LogP contribution in [0, 0.1) is 11.3 Å². The van der Waals surface area contributed by atoms with Gasteiger partial charge in [-0.25, -0.2) is 0 Å². The first-order valence-electron chi connectivity index (χ1n) is 9.73. The van der Waals surface area contributed by atoms with Crippen molar-refractivity contribution in [3.8, 4) is 23.3 Å². The summed E-state index contributed by atoms with van der Waals surface area (Å²) in [7, 11) is 0. The van der Waals surface area contributed by atoms with Crippen molar-refractivity contribution in [2.24, 2.45) is 0 Å². The van der Waals surface area contributed by atoms with Crippen LogP contribution in [0.15, 0.2) is 78.9 Å². The fourth-order valence-electron chi connectivity index (χ4n) is 5.22. The smallest absolute Gasteiger partial charge is 0.256 e. The normalized spacial score (nSPS) is 13.0. The lowest BCUT2D eigenvalue weighted by Crippen LogP contribution is -2.58. The molecule has 4 heteroatoms. The van der Waals surface area contributed by atoms with Crippen LogP contribution in [0.1, 0.15) is 5.56 Å². The van der Waals surface area contributed by atoms with E-state index in [-0.39, 0.29) is 6.71 Å². The van der Waals surface area contributed by atoms with Gasteiger partial charge < -0.3 is 9.30 Å². The van der Waals surface area contributed by atoms with E-state index in [0.29, 0.717) is 5.56 Å². The molecular formula is C25H13BN2O. The molecule has 3 heterocycles. The van der Waals surface area contributed by atoms with E-state index in [2.05, 4.69) is 53.1 Å². The molecule has 0 atom stereocenters. The second-order valence-corrected chi connectivity index (χ2v) is 7.65. The average molecular weight is 368 g/mol. The molecule has 0 saturated carbocycles. The number of fused-ring (bicyclic) bond motifs is 7. The van der Waals surface area contributed by atoms with E-state index in [1.165, 1.54) is 27.3 Å². The highest BCUT2D eigenvalue weighted by Gasteiger charge is 2.40. The van der Waals surface area contributed by atoms with Gasteiger partial charge >= 0.3 is 0 Å². The molecule has 2 aliphatic heterocycles. The molecule has 5 aromatic rings. The summed E-state index contributed by atoms with van der Waals surface area (Å²) in [5.74, 6) is 1.81. The van der Waals surface area contributed by atoms with Gasteiger partial charge in [0, 0.05) is 22.0 Å². The van der Waals surface area contributed by atoms with E-state index in [9.17, 15) is 5.26 Å². The van der Waals surface area contributed by atoms with E-state index in [1.54, 1.807) is 0 Å². The molecule has 132 valence electrons. The quantitative estimate of drug-likeness (QED) is 0.384. The SMILES string of the molecule is N#Cc1cccc2c3cccc4c3n(c12)-c1cccc2c1B4c1ccccc1O2. The summed E-state index contributed by atoms with van der Waals surface area (Å²) in [5.41, 5.74) is 7.59. The van der Waals surface area contributed by atoms with Gasteiger partial charge in [0.2, 0.25) is 0 Å². The summed E-state index contributed by atoms with van der Waals surface area (Å²) in [6.07, 6.45) is 0. The zero-order valence-electron chi connectivity index (χ0n) is 15.4. The molecule has 0 fully saturated rings. The van der Waals surface area contributed by atoms with Gasteiger partial charge in [-0.1, -0.05) is 54.6 Å². The van der Waals surface area contributed by atoms with Crippen molar-refractivity contribution >= 4 is 44.9 Å². The Morgan fingerprint density at radius 2 is 1.45 bits per heavy atom. The summed E-state index contributed by atoms with van der Waals surface area (Å²) in [6.45, 7) is 0.122. The van der Waals surface area contributed by atoms with Crippen LogP contribution < -0.4 is 21.1 Å². The predicted molar refractivity (Wildman–Crippen MR) is 117 cm³/mol. The zero-order valence-corrected chi connectivity index (χ0v) is 15.4. The van der Waals surface area contributed by atoms with Gasteiger partial charge in [-0.15, -0.1) is 0 Å². The van der Waals surface area contributed by atoms with E-state index >= 15 is 0 Å². The van der Waals surface area contributed by atoms with Crippen molar-refractivity contribution < 1.29 is 4.74 Å². The van der Waals surface area contributed by atoms with E-state index in [0.717, 1.165) is 28.1 Å². The fourth-order valence-corrected chi connectivity index (χ4v) is 5.22. The number of nitrogens with zero attached hydrogens (tertiary/aromatic N) is 2. The molecule has 0 amide bonds. The Kier molecular flexibility index (Phi) is 2.64. The molecule has 3 nitrogen and oxygen atoms in total. The Balaban J connectivity index is 1.77. The van der Waals surface area contributed by atoms with Crippen LogP contribution in [0.2, 0.25) is 0 Å². The third-order valence-corrected chi connectivity index (χ3v) is 6.29. The molecule has 2 aliphatic rings. The summed E-state index contributed by atoms with van der Waals surface area (Å²) in [6, 6.07) is 29.4. The van der Waals surface area contributed by atoms with Crippen molar-refractivity contribution in [1.82, 2.24) is 4.57 Å². The highest BCUT2D eigenvalue weighted by molar-refractivity contribution is 6.99. The molecular weight excluding hydrogens is 355 g/mol. The highest BCUT2D eigenvalue weighted by atomic mass is 16.5. The third-order valence-electron chi connectivity index (χ3n) is 6.29. The number of nitriles is 1. The highest BCUT2D eigenvalue weighted by Crippen LogP contribution is 2.37. The van der Waals surface area contributed by atoms with Crippen LogP contribution in [-0.2, 0) is 0 Å². The first-order valence-corrected chi connectivity index (χ1v) is 9.73. The number of benzene rings is 4. The largest absolute Gasteiger partial charge is 0.458 e. The number of rotatable bonds is 0. The maximum Gasteiger partial charge on any atom is 0.256 e. The third kappa shape index (κ3) is 1.69. The van der Waals surface area contributed by atoms with Crippen LogP contribution in [-0.4, -0.2) is 11.3 Å². The van der Waals surface area contributed by atoms with Crippen LogP contribution in [0.4, 0.5) is 0 Å². The summed E-state index contributed by atoms with van der Waals surface area (Å²) >= 11 is 0. The Morgan fingerprint density at radius 1 is 0.724 bits per heavy atom. The minimum atomic E-state index is 0.122. The molecule has 0 spiro atoms. The van der Waals surface area contributed by atoms with Gasteiger partial charge in [0.25, 0.3) is 6.71 Å². The molecule has 29 heavy (non-hydrogen) atoms.